The van der Waals surface area contributed by atoms with Crippen molar-refractivity contribution in [3.63, 3.8) is 0 Å². The third-order valence-electron chi connectivity index (χ3n) is 3.31. The smallest absolute Gasteiger partial charge is 0.329 e. The van der Waals surface area contributed by atoms with Crippen molar-refractivity contribution < 1.29 is 26.3 Å². The molecule has 3 aromatic rings. The maximum Gasteiger partial charge on any atom is 0.471 e. The Hall–Kier alpha value is -2.75. The molecule has 1 aromatic heterocycles. The first kappa shape index (κ1) is 18.1. The van der Waals surface area contributed by atoms with Crippen LogP contribution in [0.25, 0.3) is 11.4 Å². The van der Waals surface area contributed by atoms with Crippen LogP contribution >= 0.6 is 0 Å². The molecule has 0 amide bonds. The molecule has 0 saturated carbocycles. The Balaban J connectivity index is 1.92. The van der Waals surface area contributed by atoms with E-state index >= 15 is 0 Å². The summed E-state index contributed by atoms with van der Waals surface area (Å²) in [6.07, 6.45) is -3.35. The Bertz CT molecular complexity index is 1050. The van der Waals surface area contributed by atoms with Crippen LogP contribution in [0.2, 0.25) is 0 Å². The highest BCUT2D eigenvalue weighted by atomic mass is 32.2. The lowest BCUT2D eigenvalue weighted by molar-refractivity contribution is -0.159. The first-order valence-corrected chi connectivity index (χ1v) is 9.06. The maximum absolute atomic E-state index is 13.2. The minimum absolute atomic E-state index is 0.217. The third-order valence-corrected chi connectivity index (χ3v) is 5.01. The molecule has 0 spiro atoms. The van der Waals surface area contributed by atoms with Crippen LogP contribution in [0, 0.1) is 5.82 Å². The van der Waals surface area contributed by atoms with Gasteiger partial charge < -0.3 is 4.52 Å². The molecule has 3 rings (SSSR count). The normalized spacial score (nSPS) is 14.0. The van der Waals surface area contributed by atoms with Gasteiger partial charge in [-0.15, -0.1) is 0 Å². The molecule has 0 N–H and O–H groups in total. The van der Waals surface area contributed by atoms with Crippen molar-refractivity contribution in [2.24, 2.45) is 4.36 Å². The van der Waals surface area contributed by atoms with E-state index in [4.69, 9.17) is 0 Å². The summed E-state index contributed by atoms with van der Waals surface area (Å²) in [6.45, 7) is 0. The number of hydrogen-bond donors (Lipinski definition) is 0. The second-order valence-corrected chi connectivity index (χ2v) is 7.58. The van der Waals surface area contributed by atoms with Crippen molar-refractivity contribution in [1.29, 1.82) is 0 Å². The van der Waals surface area contributed by atoms with Crippen molar-refractivity contribution in [1.82, 2.24) is 10.1 Å². The Labute approximate surface area is 145 Å². The summed E-state index contributed by atoms with van der Waals surface area (Å²) < 4.78 is 71.7. The van der Waals surface area contributed by atoms with E-state index in [1.807, 2.05) is 0 Å². The van der Waals surface area contributed by atoms with Gasteiger partial charge in [-0.3, -0.25) is 0 Å². The van der Waals surface area contributed by atoms with Crippen LogP contribution < -0.4 is 0 Å². The van der Waals surface area contributed by atoms with Gasteiger partial charge >= 0.3 is 12.1 Å². The predicted octanol–water partition coefficient (Wildman–Crippen LogP) is 4.68. The lowest BCUT2D eigenvalue weighted by atomic mass is 10.2. The van der Waals surface area contributed by atoms with Gasteiger partial charge in [0.15, 0.2) is 0 Å². The Morgan fingerprint density at radius 3 is 2.38 bits per heavy atom. The van der Waals surface area contributed by atoms with Crippen LogP contribution in [-0.2, 0) is 15.9 Å². The fourth-order valence-electron chi connectivity index (χ4n) is 2.10. The van der Waals surface area contributed by atoms with E-state index in [0.29, 0.717) is 4.90 Å². The molecule has 5 nitrogen and oxygen atoms in total. The van der Waals surface area contributed by atoms with E-state index in [1.54, 1.807) is 0 Å². The lowest BCUT2D eigenvalue weighted by Gasteiger charge is -2.05. The van der Waals surface area contributed by atoms with E-state index < -0.39 is 27.6 Å². The van der Waals surface area contributed by atoms with Crippen molar-refractivity contribution in [2.45, 2.75) is 11.1 Å². The molecule has 0 radical (unpaired) electrons. The van der Waals surface area contributed by atoms with Gasteiger partial charge in [0.1, 0.15) is 5.82 Å². The quantitative estimate of drug-likeness (QED) is 0.614. The van der Waals surface area contributed by atoms with Crippen LogP contribution in [0.4, 0.5) is 23.2 Å². The number of rotatable bonds is 3. The SMILES string of the molecule is CS(=O)(=Nc1cccc(F)c1)c1ccc(-c2noc(C(F)(F)F)n2)cc1. The largest absolute Gasteiger partial charge is 0.471 e. The van der Waals surface area contributed by atoms with Crippen molar-refractivity contribution in [3.8, 4) is 11.4 Å². The van der Waals surface area contributed by atoms with Crippen LogP contribution in [0.15, 0.2) is 62.3 Å². The maximum atomic E-state index is 13.2. The molecule has 0 saturated heterocycles. The molecule has 1 unspecified atom stereocenters. The Morgan fingerprint density at radius 1 is 1.12 bits per heavy atom. The van der Waals surface area contributed by atoms with E-state index in [1.165, 1.54) is 48.7 Å². The fourth-order valence-corrected chi connectivity index (χ4v) is 3.36. The van der Waals surface area contributed by atoms with Crippen molar-refractivity contribution in [3.05, 3.63) is 60.2 Å². The Morgan fingerprint density at radius 2 is 1.81 bits per heavy atom. The first-order valence-electron chi connectivity index (χ1n) is 7.14. The number of benzene rings is 2. The molecule has 0 fully saturated rings. The van der Waals surface area contributed by atoms with Gasteiger partial charge in [-0.05, 0) is 36.4 Å². The second-order valence-electron chi connectivity index (χ2n) is 5.32. The van der Waals surface area contributed by atoms with Gasteiger partial charge in [0, 0.05) is 22.8 Å². The highest BCUT2D eigenvalue weighted by molar-refractivity contribution is 7.93. The van der Waals surface area contributed by atoms with E-state index in [9.17, 15) is 21.8 Å². The van der Waals surface area contributed by atoms with Crippen LogP contribution in [0.1, 0.15) is 5.89 Å². The molecule has 0 bridgehead atoms. The summed E-state index contributed by atoms with van der Waals surface area (Å²) in [5.74, 6) is -2.19. The van der Waals surface area contributed by atoms with Crippen LogP contribution in [0.5, 0.6) is 0 Å². The molecular formula is C16H11F4N3O2S. The summed E-state index contributed by atoms with van der Waals surface area (Å²) in [4.78, 5) is 3.61. The van der Waals surface area contributed by atoms with Gasteiger partial charge in [-0.2, -0.15) is 22.5 Å². The molecule has 10 heteroatoms. The topological polar surface area (TPSA) is 68.3 Å². The third kappa shape index (κ3) is 3.90. The summed E-state index contributed by atoms with van der Waals surface area (Å²) in [5.41, 5.74) is 0.475. The van der Waals surface area contributed by atoms with Crippen LogP contribution in [-0.4, -0.2) is 20.6 Å². The molecule has 0 aliphatic heterocycles. The van der Waals surface area contributed by atoms with Crippen LogP contribution in [0.3, 0.4) is 0 Å². The number of nitrogens with zero attached hydrogens (tertiary/aromatic N) is 3. The van der Waals surface area contributed by atoms with Gasteiger partial charge in [0.25, 0.3) is 0 Å². The number of hydrogen-bond acceptors (Lipinski definition) is 5. The first-order chi connectivity index (χ1) is 12.1. The lowest BCUT2D eigenvalue weighted by Crippen LogP contribution is -2.04. The minimum atomic E-state index is -4.73. The second kappa shape index (κ2) is 6.52. The summed E-state index contributed by atoms with van der Waals surface area (Å²) in [5, 5.41) is 3.28. The van der Waals surface area contributed by atoms with Crippen molar-refractivity contribution >= 4 is 15.4 Å². The van der Waals surface area contributed by atoms with Gasteiger partial charge in [0.05, 0.1) is 15.4 Å². The predicted molar refractivity (Wildman–Crippen MR) is 85.6 cm³/mol. The van der Waals surface area contributed by atoms with E-state index in [0.717, 1.165) is 6.07 Å². The van der Waals surface area contributed by atoms with E-state index in [2.05, 4.69) is 19.0 Å². The number of alkyl halides is 3. The van der Waals surface area contributed by atoms with Gasteiger partial charge in [0.2, 0.25) is 5.82 Å². The van der Waals surface area contributed by atoms with E-state index in [-0.39, 0.29) is 17.1 Å². The standard InChI is InChI=1S/C16H11F4N3O2S/c1-26(24,23-12-4-2-3-11(17)9-12)13-7-5-10(6-8-13)14-21-15(25-22-14)16(18,19)20/h2-9H,1H3. The highest BCUT2D eigenvalue weighted by Crippen LogP contribution is 2.30. The fraction of sp³-hybridized carbons (Fsp3) is 0.125. The summed E-state index contributed by atoms with van der Waals surface area (Å²) >= 11 is 0. The zero-order valence-electron chi connectivity index (χ0n) is 13.2. The number of halogens is 4. The molecule has 1 atom stereocenters. The summed E-state index contributed by atoms with van der Waals surface area (Å²) in [6, 6.07) is 11.0. The molecule has 26 heavy (non-hydrogen) atoms. The zero-order chi connectivity index (χ0) is 18.9. The molecule has 136 valence electrons. The molecular weight excluding hydrogens is 374 g/mol. The molecule has 1 heterocycles. The average molecular weight is 385 g/mol. The molecule has 2 aromatic carbocycles. The summed E-state index contributed by atoms with van der Waals surface area (Å²) in [7, 11) is -2.88. The van der Waals surface area contributed by atoms with Gasteiger partial charge in [-0.1, -0.05) is 11.2 Å². The minimum Gasteiger partial charge on any atom is -0.329 e. The average Bonchev–Trinajstić information content (AvgIpc) is 3.05. The number of aromatic nitrogens is 2. The molecule has 0 aliphatic rings. The zero-order valence-corrected chi connectivity index (χ0v) is 14.0. The Kier molecular flexibility index (Phi) is 4.53. The monoisotopic (exact) mass is 385 g/mol. The van der Waals surface area contributed by atoms with Gasteiger partial charge in [-0.25, -0.2) is 8.60 Å². The van der Waals surface area contributed by atoms with Crippen molar-refractivity contribution in [2.75, 3.05) is 6.26 Å². The molecule has 0 aliphatic carbocycles. The highest BCUT2D eigenvalue weighted by Gasteiger charge is 2.38.